The minimum absolute atomic E-state index is 0.0933. The summed E-state index contributed by atoms with van der Waals surface area (Å²) in [5.74, 6) is 0.101. The number of halogens is 3. The molecule has 0 bridgehead atoms. The van der Waals surface area contributed by atoms with E-state index in [2.05, 4.69) is 4.99 Å². The zero-order chi connectivity index (χ0) is 21.4. The molecule has 1 aliphatic heterocycles. The summed E-state index contributed by atoms with van der Waals surface area (Å²) in [6.07, 6.45) is -2.44. The van der Waals surface area contributed by atoms with E-state index in [0.29, 0.717) is 17.5 Å². The summed E-state index contributed by atoms with van der Waals surface area (Å²) in [5, 5.41) is 9.01. The number of ether oxygens (including phenoxy) is 1. The number of benzene rings is 2. The monoisotopic (exact) mass is 400 g/mol. The summed E-state index contributed by atoms with van der Waals surface area (Å²) in [4.78, 5) is 4.48. The van der Waals surface area contributed by atoms with Crippen molar-refractivity contribution in [1.29, 1.82) is 5.26 Å². The SMILES string of the molecule is CC[CH]c1cc(C(F)(F)F)c(-c2ccc(C#N)cc2)c(C2=NC(C)(C)CO2)c1N. The summed E-state index contributed by atoms with van der Waals surface area (Å²) in [7, 11) is 0. The van der Waals surface area contributed by atoms with Gasteiger partial charge in [-0.25, -0.2) is 4.99 Å². The van der Waals surface area contributed by atoms with E-state index < -0.39 is 17.3 Å². The van der Waals surface area contributed by atoms with Crippen molar-refractivity contribution in [2.24, 2.45) is 4.99 Å². The smallest absolute Gasteiger partial charge is 0.417 e. The molecule has 0 amide bonds. The zero-order valence-corrected chi connectivity index (χ0v) is 16.4. The molecule has 1 heterocycles. The van der Waals surface area contributed by atoms with Gasteiger partial charge in [-0.3, -0.25) is 0 Å². The van der Waals surface area contributed by atoms with Gasteiger partial charge in [0.05, 0.1) is 28.3 Å². The van der Waals surface area contributed by atoms with E-state index in [-0.39, 0.29) is 34.9 Å². The van der Waals surface area contributed by atoms with Gasteiger partial charge in [-0.2, -0.15) is 18.4 Å². The Morgan fingerprint density at radius 3 is 2.38 bits per heavy atom. The van der Waals surface area contributed by atoms with Crippen molar-refractivity contribution in [2.45, 2.75) is 38.9 Å². The van der Waals surface area contributed by atoms with Gasteiger partial charge >= 0.3 is 6.18 Å². The van der Waals surface area contributed by atoms with Crippen molar-refractivity contribution < 1.29 is 17.9 Å². The first kappa shape index (κ1) is 20.7. The molecule has 29 heavy (non-hydrogen) atoms. The first-order chi connectivity index (χ1) is 13.6. The summed E-state index contributed by atoms with van der Waals surface area (Å²) in [5.41, 5.74) is 6.12. The molecule has 7 heteroatoms. The zero-order valence-electron chi connectivity index (χ0n) is 16.4. The number of hydrogen-bond donors (Lipinski definition) is 1. The van der Waals surface area contributed by atoms with Gasteiger partial charge < -0.3 is 10.5 Å². The van der Waals surface area contributed by atoms with Gasteiger partial charge in [0, 0.05) is 11.3 Å². The number of alkyl halides is 3. The van der Waals surface area contributed by atoms with Crippen molar-refractivity contribution in [3.8, 4) is 17.2 Å². The maximum Gasteiger partial charge on any atom is 0.417 e. The second-order valence-corrected chi connectivity index (χ2v) is 7.49. The highest BCUT2D eigenvalue weighted by Gasteiger charge is 2.39. The molecule has 0 saturated heterocycles. The molecule has 151 valence electrons. The first-order valence-electron chi connectivity index (χ1n) is 9.18. The van der Waals surface area contributed by atoms with Crippen molar-refractivity contribution in [3.63, 3.8) is 0 Å². The molecule has 0 aliphatic carbocycles. The van der Waals surface area contributed by atoms with Crippen LogP contribution in [0.1, 0.15) is 49.4 Å². The Bertz CT molecular complexity index is 1000. The van der Waals surface area contributed by atoms with E-state index in [1.54, 1.807) is 6.42 Å². The van der Waals surface area contributed by atoms with Crippen LogP contribution in [0.3, 0.4) is 0 Å². The lowest BCUT2D eigenvalue weighted by molar-refractivity contribution is -0.137. The Labute approximate surface area is 167 Å². The fourth-order valence-corrected chi connectivity index (χ4v) is 3.28. The van der Waals surface area contributed by atoms with Crippen molar-refractivity contribution in [2.75, 3.05) is 12.3 Å². The van der Waals surface area contributed by atoms with Crippen molar-refractivity contribution >= 4 is 11.6 Å². The maximum absolute atomic E-state index is 14.1. The number of nitriles is 1. The Morgan fingerprint density at radius 1 is 1.24 bits per heavy atom. The number of aliphatic imine (C=N–C) groups is 1. The van der Waals surface area contributed by atoms with E-state index in [1.165, 1.54) is 24.3 Å². The lowest BCUT2D eigenvalue weighted by Gasteiger charge is -2.21. The van der Waals surface area contributed by atoms with E-state index in [1.807, 2.05) is 26.8 Å². The molecular formula is C22H21F3N3O. The minimum atomic E-state index is -4.61. The molecule has 0 aromatic heterocycles. The quantitative estimate of drug-likeness (QED) is 0.704. The highest BCUT2D eigenvalue weighted by Crippen LogP contribution is 2.44. The largest absolute Gasteiger partial charge is 0.475 e. The fraction of sp³-hybridized carbons (Fsp3) is 0.318. The van der Waals surface area contributed by atoms with Crippen molar-refractivity contribution in [1.82, 2.24) is 0 Å². The Kier molecular flexibility index (Phi) is 5.31. The summed E-state index contributed by atoms with van der Waals surface area (Å²) < 4.78 is 47.9. The third kappa shape index (κ3) is 4.07. The second kappa shape index (κ2) is 7.43. The Morgan fingerprint density at radius 2 is 1.90 bits per heavy atom. The molecule has 0 spiro atoms. The van der Waals surface area contributed by atoms with Gasteiger partial charge in [-0.05, 0) is 56.0 Å². The fourth-order valence-electron chi connectivity index (χ4n) is 3.28. The van der Waals surface area contributed by atoms with Gasteiger partial charge in [0.1, 0.15) is 6.61 Å². The molecule has 2 N–H and O–H groups in total. The third-order valence-corrected chi connectivity index (χ3v) is 4.61. The van der Waals surface area contributed by atoms with Crippen LogP contribution in [0.25, 0.3) is 11.1 Å². The molecule has 4 nitrogen and oxygen atoms in total. The number of anilines is 1. The van der Waals surface area contributed by atoms with Crippen LogP contribution in [-0.4, -0.2) is 18.0 Å². The number of rotatable bonds is 4. The third-order valence-electron chi connectivity index (χ3n) is 4.61. The molecule has 1 radical (unpaired) electrons. The van der Waals surface area contributed by atoms with Gasteiger partial charge in [-0.15, -0.1) is 0 Å². The van der Waals surface area contributed by atoms with E-state index in [4.69, 9.17) is 15.7 Å². The van der Waals surface area contributed by atoms with E-state index in [0.717, 1.165) is 6.07 Å². The van der Waals surface area contributed by atoms with Crippen LogP contribution in [-0.2, 0) is 10.9 Å². The second-order valence-electron chi connectivity index (χ2n) is 7.49. The molecule has 0 atom stereocenters. The Balaban J connectivity index is 2.39. The number of nitrogens with two attached hydrogens (primary N) is 1. The van der Waals surface area contributed by atoms with Crippen LogP contribution < -0.4 is 5.73 Å². The van der Waals surface area contributed by atoms with Crippen LogP contribution in [0.15, 0.2) is 35.3 Å². The lowest BCUT2D eigenvalue weighted by atomic mass is 9.88. The molecule has 0 saturated carbocycles. The van der Waals surface area contributed by atoms with Crippen LogP contribution in [0, 0.1) is 17.8 Å². The van der Waals surface area contributed by atoms with Gasteiger partial charge in [0.15, 0.2) is 0 Å². The van der Waals surface area contributed by atoms with Gasteiger partial charge in [-0.1, -0.05) is 19.1 Å². The summed E-state index contributed by atoms with van der Waals surface area (Å²) in [6, 6.07) is 8.95. The molecule has 1 aliphatic rings. The van der Waals surface area contributed by atoms with E-state index >= 15 is 0 Å². The van der Waals surface area contributed by atoms with Crippen LogP contribution >= 0.6 is 0 Å². The molecule has 2 aromatic carbocycles. The standard InChI is InChI=1S/C22H21F3N3O/c1-4-5-15-10-16(22(23,24)25)17(14-8-6-13(11-26)7-9-14)18(19(15)27)20-28-21(2,3)12-29-20/h5-10H,4,12,27H2,1-3H3. The average Bonchev–Trinajstić information content (AvgIpc) is 3.01. The van der Waals surface area contributed by atoms with Crippen LogP contribution in [0.4, 0.5) is 18.9 Å². The summed E-state index contributed by atoms with van der Waals surface area (Å²) >= 11 is 0. The number of hydrogen-bond acceptors (Lipinski definition) is 4. The molecule has 3 rings (SSSR count). The molecule has 0 fully saturated rings. The Hall–Kier alpha value is -3.01. The van der Waals surface area contributed by atoms with E-state index in [9.17, 15) is 13.2 Å². The highest BCUT2D eigenvalue weighted by atomic mass is 19.4. The molecular weight excluding hydrogens is 379 g/mol. The molecule has 0 unspecified atom stereocenters. The van der Waals surface area contributed by atoms with Gasteiger partial charge in [0.2, 0.25) is 5.90 Å². The number of nitrogens with zero attached hydrogens (tertiary/aromatic N) is 2. The average molecular weight is 400 g/mol. The van der Waals surface area contributed by atoms with Crippen LogP contribution in [0.2, 0.25) is 0 Å². The lowest BCUT2D eigenvalue weighted by Crippen LogP contribution is -2.17. The normalized spacial score (nSPS) is 15.6. The first-order valence-corrected chi connectivity index (χ1v) is 9.18. The highest BCUT2D eigenvalue weighted by molar-refractivity contribution is 6.08. The predicted molar refractivity (Wildman–Crippen MR) is 106 cm³/mol. The van der Waals surface area contributed by atoms with Gasteiger partial charge in [0.25, 0.3) is 0 Å². The van der Waals surface area contributed by atoms with Crippen molar-refractivity contribution in [3.05, 3.63) is 59.0 Å². The molecule has 2 aromatic rings. The topological polar surface area (TPSA) is 71.4 Å². The minimum Gasteiger partial charge on any atom is -0.475 e. The number of nitrogen functional groups attached to an aromatic ring is 1. The summed E-state index contributed by atoms with van der Waals surface area (Å²) in [6.45, 7) is 5.75. The maximum atomic E-state index is 14.1. The van der Waals surface area contributed by atoms with Crippen LogP contribution in [0.5, 0.6) is 0 Å². The predicted octanol–water partition coefficient (Wildman–Crippen LogP) is 5.34.